The lowest BCUT2D eigenvalue weighted by Crippen LogP contribution is -2.30. The Morgan fingerprint density at radius 3 is 2.27 bits per heavy atom. The molecule has 2 aliphatic rings. The molecule has 0 radical (unpaired) electrons. The Morgan fingerprint density at radius 2 is 1.53 bits per heavy atom. The third kappa shape index (κ3) is 3.88. The highest BCUT2D eigenvalue weighted by Gasteiger charge is 2.17. The van der Waals surface area contributed by atoms with Gasteiger partial charge < -0.3 is 15.1 Å². The van der Waals surface area contributed by atoms with Crippen molar-refractivity contribution in [2.75, 3.05) is 34.8 Å². The second-order valence-electron chi connectivity index (χ2n) is 8.04. The number of aromatic nitrogens is 1. The largest absolute Gasteiger partial charge is 0.372 e. The van der Waals surface area contributed by atoms with Crippen LogP contribution >= 0.6 is 0 Å². The average Bonchev–Trinajstić information content (AvgIpc) is 3.34. The molecular formula is C25H26N4O. The molecule has 1 fully saturated rings. The Morgan fingerprint density at radius 1 is 0.800 bits per heavy atom. The van der Waals surface area contributed by atoms with Crippen molar-refractivity contribution in [3.63, 3.8) is 0 Å². The molecule has 152 valence electrons. The monoisotopic (exact) mass is 398 g/mol. The van der Waals surface area contributed by atoms with Crippen LogP contribution < -0.4 is 15.1 Å². The molecule has 1 N–H and O–H groups in total. The summed E-state index contributed by atoms with van der Waals surface area (Å²) >= 11 is 0. The number of hydrogen-bond donors (Lipinski definition) is 1. The fourth-order valence-corrected chi connectivity index (χ4v) is 4.35. The summed E-state index contributed by atoms with van der Waals surface area (Å²) in [4.78, 5) is 21.7. The molecule has 2 aromatic carbocycles. The second-order valence-corrected chi connectivity index (χ2v) is 8.04. The molecule has 1 saturated heterocycles. The molecule has 1 aromatic heterocycles. The summed E-state index contributed by atoms with van der Waals surface area (Å²) in [6.45, 7) is 4.08. The molecule has 2 aliphatic heterocycles. The minimum atomic E-state index is -0.181. The summed E-state index contributed by atoms with van der Waals surface area (Å²) in [6.07, 6.45) is 5.35. The van der Waals surface area contributed by atoms with Gasteiger partial charge in [0.15, 0.2) is 0 Å². The lowest BCUT2D eigenvalue weighted by molar-refractivity contribution is 0.102. The van der Waals surface area contributed by atoms with Gasteiger partial charge in [0.05, 0.1) is 11.9 Å². The number of nitrogens with one attached hydrogen (secondary N) is 1. The number of hydrogen-bond acceptors (Lipinski definition) is 4. The van der Waals surface area contributed by atoms with Crippen LogP contribution in [0.2, 0.25) is 0 Å². The fourth-order valence-electron chi connectivity index (χ4n) is 4.35. The molecule has 0 atom stereocenters. The zero-order chi connectivity index (χ0) is 20.3. The number of fused-ring (bicyclic) bond motifs is 1. The summed E-state index contributed by atoms with van der Waals surface area (Å²) < 4.78 is 0. The first-order chi connectivity index (χ1) is 14.8. The van der Waals surface area contributed by atoms with E-state index in [0.29, 0.717) is 5.69 Å². The lowest BCUT2D eigenvalue weighted by Gasteiger charge is -2.30. The Hall–Kier alpha value is -3.34. The highest BCUT2D eigenvalue weighted by Crippen LogP contribution is 2.25. The SMILES string of the molecule is O=C(Nc1ccc(N2CCCC2)cc1)c1ccc(N2CCc3ccccc3C2)cn1. The van der Waals surface area contributed by atoms with E-state index in [4.69, 9.17) is 0 Å². The Bertz CT molecular complexity index is 1020. The van der Waals surface area contributed by atoms with Gasteiger partial charge >= 0.3 is 0 Å². The van der Waals surface area contributed by atoms with Crippen molar-refractivity contribution < 1.29 is 4.79 Å². The smallest absolute Gasteiger partial charge is 0.274 e. The van der Waals surface area contributed by atoms with Crippen LogP contribution in [0.1, 0.15) is 34.5 Å². The van der Waals surface area contributed by atoms with E-state index in [1.165, 1.54) is 29.7 Å². The van der Waals surface area contributed by atoms with Gasteiger partial charge in [-0.05, 0) is 66.8 Å². The normalized spacial score (nSPS) is 15.7. The summed E-state index contributed by atoms with van der Waals surface area (Å²) in [6, 6.07) is 20.5. The molecule has 0 unspecified atom stereocenters. The van der Waals surface area contributed by atoms with Crippen molar-refractivity contribution in [1.29, 1.82) is 0 Å². The van der Waals surface area contributed by atoms with Crippen molar-refractivity contribution in [3.8, 4) is 0 Å². The van der Waals surface area contributed by atoms with Crippen LogP contribution in [0.25, 0.3) is 0 Å². The van der Waals surface area contributed by atoms with E-state index >= 15 is 0 Å². The van der Waals surface area contributed by atoms with E-state index in [-0.39, 0.29) is 5.91 Å². The highest BCUT2D eigenvalue weighted by atomic mass is 16.1. The number of nitrogens with zero attached hydrogens (tertiary/aromatic N) is 3. The van der Waals surface area contributed by atoms with E-state index in [9.17, 15) is 4.79 Å². The first-order valence-corrected chi connectivity index (χ1v) is 10.7. The molecule has 1 amide bonds. The molecule has 0 aliphatic carbocycles. The second kappa shape index (κ2) is 8.19. The standard InChI is InChI=1S/C25H26N4O/c30-25(27-21-7-9-22(10-8-21)28-14-3-4-15-28)24-12-11-23(17-26-24)29-16-13-19-5-1-2-6-20(19)18-29/h1-2,5-12,17H,3-4,13-16,18H2,(H,27,30). The minimum Gasteiger partial charge on any atom is -0.372 e. The lowest BCUT2D eigenvalue weighted by atomic mass is 10.00. The summed E-state index contributed by atoms with van der Waals surface area (Å²) in [5.41, 5.74) is 6.28. The van der Waals surface area contributed by atoms with Crippen molar-refractivity contribution in [3.05, 3.63) is 83.7 Å². The van der Waals surface area contributed by atoms with Gasteiger partial charge in [-0.1, -0.05) is 24.3 Å². The number of carbonyl (C=O) groups excluding carboxylic acids is 1. The maximum atomic E-state index is 12.6. The van der Waals surface area contributed by atoms with E-state index in [0.717, 1.165) is 44.0 Å². The first-order valence-electron chi connectivity index (χ1n) is 10.7. The third-order valence-corrected chi connectivity index (χ3v) is 6.07. The molecule has 30 heavy (non-hydrogen) atoms. The molecular weight excluding hydrogens is 372 g/mol. The van der Waals surface area contributed by atoms with Crippen LogP contribution in [-0.4, -0.2) is 30.5 Å². The summed E-state index contributed by atoms with van der Waals surface area (Å²) in [5.74, 6) is -0.181. The minimum absolute atomic E-state index is 0.181. The topological polar surface area (TPSA) is 48.5 Å². The number of amides is 1. The van der Waals surface area contributed by atoms with Crippen LogP contribution in [0, 0.1) is 0 Å². The zero-order valence-corrected chi connectivity index (χ0v) is 17.1. The van der Waals surface area contributed by atoms with Crippen LogP contribution in [0.5, 0.6) is 0 Å². The number of rotatable bonds is 4. The molecule has 3 heterocycles. The Labute approximate surface area is 177 Å². The van der Waals surface area contributed by atoms with Gasteiger partial charge in [0.2, 0.25) is 0 Å². The molecule has 0 spiro atoms. The van der Waals surface area contributed by atoms with Crippen LogP contribution in [0.4, 0.5) is 17.1 Å². The van der Waals surface area contributed by atoms with Gasteiger partial charge in [-0.3, -0.25) is 4.79 Å². The first kappa shape index (κ1) is 18.7. The van der Waals surface area contributed by atoms with Crippen molar-refractivity contribution >= 4 is 23.0 Å². The third-order valence-electron chi connectivity index (χ3n) is 6.07. The Balaban J connectivity index is 1.23. The van der Waals surface area contributed by atoms with E-state index in [1.54, 1.807) is 6.20 Å². The molecule has 5 nitrogen and oxygen atoms in total. The van der Waals surface area contributed by atoms with Crippen molar-refractivity contribution in [1.82, 2.24) is 4.98 Å². The average molecular weight is 399 g/mol. The van der Waals surface area contributed by atoms with Crippen LogP contribution in [0.3, 0.4) is 0 Å². The van der Waals surface area contributed by atoms with E-state index in [2.05, 4.69) is 56.5 Å². The fraction of sp³-hybridized carbons (Fsp3) is 0.280. The van der Waals surface area contributed by atoms with Crippen LogP contribution in [-0.2, 0) is 13.0 Å². The summed E-state index contributed by atoms with van der Waals surface area (Å²) in [7, 11) is 0. The van der Waals surface area contributed by atoms with Crippen molar-refractivity contribution in [2.24, 2.45) is 0 Å². The predicted molar refractivity (Wildman–Crippen MR) is 121 cm³/mol. The quantitative estimate of drug-likeness (QED) is 0.703. The van der Waals surface area contributed by atoms with Gasteiger partial charge in [0.25, 0.3) is 5.91 Å². The van der Waals surface area contributed by atoms with E-state index in [1.807, 2.05) is 24.3 Å². The Kier molecular flexibility index (Phi) is 5.10. The molecule has 5 heteroatoms. The number of anilines is 3. The highest BCUT2D eigenvalue weighted by molar-refractivity contribution is 6.03. The van der Waals surface area contributed by atoms with Gasteiger partial charge in [-0.2, -0.15) is 0 Å². The van der Waals surface area contributed by atoms with Gasteiger partial charge in [0, 0.05) is 37.6 Å². The van der Waals surface area contributed by atoms with Crippen LogP contribution in [0.15, 0.2) is 66.9 Å². The molecule has 5 rings (SSSR count). The van der Waals surface area contributed by atoms with Crippen molar-refractivity contribution in [2.45, 2.75) is 25.8 Å². The predicted octanol–water partition coefficient (Wildman–Crippen LogP) is 4.50. The molecule has 0 saturated carbocycles. The van der Waals surface area contributed by atoms with Gasteiger partial charge in [-0.15, -0.1) is 0 Å². The zero-order valence-electron chi connectivity index (χ0n) is 17.1. The van der Waals surface area contributed by atoms with Gasteiger partial charge in [-0.25, -0.2) is 4.98 Å². The van der Waals surface area contributed by atoms with E-state index < -0.39 is 0 Å². The maximum absolute atomic E-state index is 12.6. The number of benzene rings is 2. The van der Waals surface area contributed by atoms with Gasteiger partial charge in [0.1, 0.15) is 5.69 Å². The molecule has 0 bridgehead atoms. The maximum Gasteiger partial charge on any atom is 0.274 e. The molecule has 3 aromatic rings. The number of carbonyl (C=O) groups is 1. The number of pyridine rings is 1. The summed E-state index contributed by atoms with van der Waals surface area (Å²) in [5, 5.41) is 2.95.